The van der Waals surface area contributed by atoms with Gasteiger partial charge in [0.25, 0.3) is 0 Å². The van der Waals surface area contributed by atoms with E-state index in [9.17, 15) is 4.79 Å². The molecule has 56 valence electrons. The number of rotatable bonds is 0. The fourth-order valence-corrected chi connectivity index (χ4v) is 1.99. The van der Waals surface area contributed by atoms with Crippen LogP contribution >= 0.6 is 0 Å². The number of hydrogen-bond acceptors (Lipinski definition) is 2. The van der Waals surface area contributed by atoms with Crippen molar-refractivity contribution in [3.05, 3.63) is 12.2 Å². The summed E-state index contributed by atoms with van der Waals surface area (Å²) in [6.45, 7) is 0. The van der Waals surface area contributed by atoms with Crippen molar-refractivity contribution in [1.29, 1.82) is 5.26 Å². The second kappa shape index (κ2) is 2.20. The first-order valence-electron chi connectivity index (χ1n) is 3.94. The lowest BCUT2D eigenvalue weighted by Gasteiger charge is -2.15. The van der Waals surface area contributed by atoms with Gasteiger partial charge < -0.3 is 0 Å². The van der Waals surface area contributed by atoms with Gasteiger partial charge in [-0.05, 0) is 12.8 Å². The van der Waals surface area contributed by atoms with Crippen molar-refractivity contribution < 1.29 is 4.79 Å². The zero-order chi connectivity index (χ0) is 7.84. The maximum atomic E-state index is 11.4. The van der Waals surface area contributed by atoms with E-state index in [0.29, 0.717) is 5.78 Å². The summed E-state index contributed by atoms with van der Waals surface area (Å²) in [6.07, 6.45) is 5.66. The molecule has 2 rings (SSSR count). The molecule has 2 nitrogen and oxygen atoms in total. The number of hydrogen-bond donors (Lipinski definition) is 0. The average molecular weight is 147 g/mol. The maximum Gasteiger partial charge on any atom is 0.144 e. The van der Waals surface area contributed by atoms with Crippen LogP contribution in [-0.4, -0.2) is 5.78 Å². The van der Waals surface area contributed by atoms with Crippen molar-refractivity contribution in [1.82, 2.24) is 0 Å². The molecule has 0 radical (unpaired) electrons. The third-order valence-electron chi connectivity index (χ3n) is 2.65. The molecule has 0 aromatic rings. The zero-order valence-corrected chi connectivity index (χ0v) is 6.16. The molecule has 2 heteroatoms. The van der Waals surface area contributed by atoms with Gasteiger partial charge in [-0.1, -0.05) is 12.2 Å². The Balaban J connectivity index is 2.34. The van der Waals surface area contributed by atoms with Gasteiger partial charge in [0.1, 0.15) is 5.78 Å². The highest BCUT2D eigenvalue weighted by atomic mass is 16.1. The average Bonchev–Trinajstić information content (AvgIpc) is 2.31. The molecule has 0 saturated heterocycles. The number of carbonyl (C=O) groups excluding carboxylic acids is 1. The van der Waals surface area contributed by atoms with E-state index in [1.807, 2.05) is 12.2 Å². The summed E-state index contributed by atoms with van der Waals surface area (Å²) < 4.78 is 0. The monoisotopic (exact) mass is 147 g/mol. The van der Waals surface area contributed by atoms with Crippen LogP contribution in [0.2, 0.25) is 0 Å². The first kappa shape index (κ1) is 6.60. The number of carbonyl (C=O) groups is 1. The number of Topliss-reactive ketones (excluding diaryl/α,β-unsaturated/α-hetero) is 1. The lowest BCUT2D eigenvalue weighted by molar-refractivity contribution is -0.123. The first-order chi connectivity index (χ1) is 5.33. The maximum absolute atomic E-state index is 11.4. The van der Waals surface area contributed by atoms with E-state index in [1.165, 1.54) is 0 Å². The standard InChI is InChI=1S/C9H9NO/c10-5-7-2-1-6-3-4-8(7)9(6)11/h1-2,6-8H,3-4H2/t6-,7+,8-/m0/s1. The summed E-state index contributed by atoms with van der Waals surface area (Å²) in [7, 11) is 0. The Morgan fingerprint density at radius 1 is 1.45 bits per heavy atom. The van der Waals surface area contributed by atoms with Crippen LogP contribution in [0.4, 0.5) is 0 Å². The van der Waals surface area contributed by atoms with Gasteiger partial charge in [0.15, 0.2) is 0 Å². The van der Waals surface area contributed by atoms with E-state index in [-0.39, 0.29) is 17.8 Å². The van der Waals surface area contributed by atoms with Crippen molar-refractivity contribution in [2.75, 3.05) is 0 Å². The molecule has 3 atom stereocenters. The Morgan fingerprint density at radius 3 is 3.00 bits per heavy atom. The number of ketones is 1. The Labute approximate surface area is 65.5 Å². The SMILES string of the molecule is N#C[C@H]1C=C[C@H]2CC[C@@H]1C2=O. The van der Waals surface area contributed by atoms with E-state index in [2.05, 4.69) is 6.07 Å². The van der Waals surface area contributed by atoms with Crippen LogP contribution < -0.4 is 0 Å². The van der Waals surface area contributed by atoms with Crippen molar-refractivity contribution in [2.45, 2.75) is 12.8 Å². The Hall–Kier alpha value is -1.10. The fourth-order valence-electron chi connectivity index (χ4n) is 1.99. The fraction of sp³-hybridized carbons (Fsp3) is 0.556. The Morgan fingerprint density at radius 2 is 2.27 bits per heavy atom. The molecular formula is C9H9NO. The highest BCUT2D eigenvalue weighted by Crippen LogP contribution is 2.37. The van der Waals surface area contributed by atoms with Crippen molar-refractivity contribution >= 4 is 5.78 Å². The summed E-state index contributed by atoms with van der Waals surface area (Å²) >= 11 is 0. The normalized spacial score (nSPS) is 40.6. The van der Waals surface area contributed by atoms with Gasteiger partial charge in [0.2, 0.25) is 0 Å². The van der Waals surface area contributed by atoms with Gasteiger partial charge in [-0.15, -0.1) is 0 Å². The molecule has 2 bridgehead atoms. The Kier molecular flexibility index (Phi) is 1.32. The quantitative estimate of drug-likeness (QED) is 0.484. The molecule has 1 fully saturated rings. The second-order valence-electron chi connectivity index (χ2n) is 3.23. The third-order valence-corrected chi connectivity index (χ3v) is 2.65. The van der Waals surface area contributed by atoms with Crippen molar-refractivity contribution in [2.24, 2.45) is 17.8 Å². The van der Waals surface area contributed by atoms with Gasteiger partial charge in [-0.3, -0.25) is 4.79 Å². The minimum atomic E-state index is -0.138. The first-order valence-corrected chi connectivity index (χ1v) is 3.94. The van der Waals surface area contributed by atoms with E-state index >= 15 is 0 Å². The van der Waals surface area contributed by atoms with Gasteiger partial charge in [-0.2, -0.15) is 5.26 Å². The molecule has 11 heavy (non-hydrogen) atoms. The van der Waals surface area contributed by atoms with Crippen molar-refractivity contribution in [3.8, 4) is 6.07 Å². The topological polar surface area (TPSA) is 40.9 Å². The van der Waals surface area contributed by atoms with Crippen LogP contribution in [0.15, 0.2) is 12.2 Å². The zero-order valence-electron chi connectivity index (χ0n) is 6.16. The molecule has 2 aliphatic rings. The highest BCUT2D eigenvalue weighted by Gasteiger charge is 2.39. The molecule has 0 spiro atoms. The van der Waals surface area contributed by atoms with E-state index < -0.39 is 0 Å². The van der Waals surface area contributed by atoms with Crippen LogP contribution in [-0.2, 0) is 4.79 Å². The predicted molar refractivity (Wildman–Crippen MR) is 39.5 cm³/mol. The van der Waals surface area contributed by atoms with Crippen LogP contribution in [0.1, 0.15) is 12.8 Å². The van der Waals surface area contributed by atoms with Gasteiger partial charge in [0.05, 0.1) is 12.0 Å². The van der Waals surface area contributed by atoms with E-state index in [0.717, 1.165) is 12.8 Å². The lowest BCUT2D eigenvalue weighted by Crippen LogP contribution is -2.22. The van der Waals surface area contributed by atoms with Gasteiger partial charge in [-0.25, -0.2) is 0 Å². The molecule has 1 saturated carbocycles. The van der Waals surface area contributed by atoms with E-state index in [1.54, 1.807) is 0 Å². The summed E-state index contributed by atoms with van der Waals surface area (Å²) in [6, 6.07) is 2.15. The molecule has 0 amide bonds. The molecule has 0 aromatic heterocycles. The minimum Gasteiger partial charge on any atom is -0.299 e. The van der Waals surface area contributed by atoms with Crippen molar-refractivity contribution in [3.63, 3.8) is 0 Å². The van der Waals surface area contributed by atoms with Gasteiger partial charge in [0, 0.05) is 11.8 Å². The van der Waals surface area contributed by atoms with Crippen LogP contribution in [0.3, 0.4) is 0 Å². The molecule has 0 N–H and O–H groups in total. The highest BCUT2D eigenvalue weighted by molar-refractivity contribution is 5.88. The minimum absolute atomic E-state index is 0.0231. The molecule has 0 aromatic carbocycles. The molecule has 0 heterocycles. The third kappa shape index (κ3) is 0.808. The smallest absolute Gasteiger partial charge is 0.144 e. The number of allylic oxidation sites excluding steroid dienone is 2. The summed E-state index contributed by atoms with van der Waals surface area (Å²) in [4.78, 5) is 11.4. The molecular weight excluding hydrogens is 138 g/mol. The van der Waals surface area contributed by atoms with E-state index in [4.69, 9.17) is 5.26 Å². The summed E-state index contributed by atoms with van der Waals surface area (Å²) in [5.74, 6) is 0.319. The summed E-state index contributed by atoms with van der Waals surface area (Å²) in [5, 5.41) is 8.68. The summed E-state index contributed by atoms with van der Waals surface area (Å²) in [5.41, 5.74) is 0. The molecule has 2 aliphatic carbocycles. The molecule has 0 aliphatic heterocycles. The number of nitriles is 1. The Bertz CT molecular complexity index is 261. The van der Waals surface area contributed by atoms with Crippen LogP contribution in [0.5, 0.6) is 0 Å². The second-order valence-corrected chi connectivity index (χ2v) is 3.23. The van der Waals surface area contributed by atoms with Crippen LogP contribution in [0.25, 0.3) is 0 Å². The number of nitrogens with zero attached hydrogens (tertiary/aromatic N) is 1. The van der Waals surface area contributed by atoms with Crippen LogP contribution in [0, 0.1) is 29.1 Å². The van der Waals surface area contributed by atoms with Gasteiger partial charge >= 0.3 is 0 Å². The lowest BCUT2D eigenvalue weighted by atomic mass is 9.85. The number of fused-ring (bicyclic) bond motifs is 2. The molecule has 0 unspecified atom stereocenters. The largest absolute Gasteiger partial charge is 0.299 e. The predicted octanol–water partition coefficient (Wildman–Crippen LogP) is 1.29.